The molecule has 0 bridgehead atoms. The van der Waals surface area contributed by atoms with Crippen LogP contribution in [0.4, 0.5) is 0 Å². The summed E-state index contributed by atoms with van der Waals surface area (Å²) in [5, 5.41) is 3.16. The summed E-state index contributed by atoms with van der Waals surface area (Å²) in [7, 11) is 0. The zero-order chi connectivity index (χ0) is 11.4. The minimum atomic E-state index is -0.209. The van der Waals surface area contributed by atoms with Gasteiger partial charge < -0.3 is 5.32 Å². The number of rotatable bonds is 3. The summed E-state index contributed by atoms with van der Waals surface area (Å²) in [6.07, 6.45) is 1.01. The topological polar surface area (TPSA) is 50.4 Å². The van der Waals surface area contributed by atoms with E-state index in [0.29, 0.717) is 5.56 Å². The monoisotopic (exact) mass is 284 g/mol. The molecule has 1 fully saturated rings. The van der Waals surface area contributed by atoms with Gasteiger partial charge in [-0.1, -0.05) is 15.9 Å². The van der Waals surface area contributed by atoms with Crippen molar-refractivity contribution in [3.8, 4) is 0 Å². The quantitative estimate of drug-likeness (QED) is 0.827. The minimum Gasteiger partial charge on any atom is -0.314 e. The highest BCUT2D eigenvalue weighted by Crippen LogP contribution is 2.10. The first kappa shape index (κ1) is 11.6. The Morgan fingerprint density at radius 3 is 2.81 bits per heavy atom. The number of hydrogen-bond donors (Lipinski definition) is 2. The largest absolute Gasteiger partial charge is 0.314 e. The molecule has 1 heterocycles. The summed E-state index contributed by atoms with van der Waals surface area (Å²) in [5.74, 6) is -0.209. The second-order valence-corrected chi connectivity index (χ2v) is 4.59. The van der Waals surface area contributed by atoms with Gasteiger partial charge in [0, 0.05) is 16.6 Å². The molecule has 1 aliphatic rings. The van der Waals surface area contributed by atoms with E-state index in [-0.39, 0.29) is 12.0 Å². The fourth-order valence-electron chi connectivity index (χ4n) is 1.53. The Kier molecular flexibility index (Phi) is 3.93. The summed E-state index contributed by atoms with van der Waals surface area (Å²) in [5.41, 5.74) is 3.06. The van der Waals surface area contributed by atoms with Gasteiger partial charge in [-0.2, -0.15) is 0 Å². The summed E-state index contributed by atoms with van der Waals surface area (Å²) < 4.78 is 0.949. The average Bonchev–Trinajstić information content (AvgIpc) is 2.80. The summed E-state index contributed by atoms with van der Waals surface area (Å²) in [6, 6.07) is 7.14. The van der Waals surface area contributed by atoms with Crippen molar-refractivity contribution in [2.24, 2.45) is 0 Å². The second kappa shape index (κ2) is 5.43. The lowest BCUT2D eigenvalue weighted by atomic mass is 10.2. The predicted molar refractivity (Wildman–Crippen MR) is 64.0 cm³/mol. The molecule has 0 aliphatic carbocycles. The molecule has 4 nitrogen and oxygen atoms in total. The van der Waals surface area contributed by atoms with E-state index in [1.165, 1.54) is 0 Å². The van der Waals surface area contributed by atoms with Crippen LogP contribution < -0.4 is 10.8 Å². The van der Waals surface area contributed by atoms with E-state index in [1.807, 2.05) is 12.1 Å². The fourth-order valence-corrected chi connectivity index (χ4v) is 1.79. The van der Waals surface area contributed by atoms with Gasteiger partial charge in [-0.3, -0.25) is 9.63 Å². The Morgan fingerprint density at radius 2 is 2.19 bits per heavy atom. The molecule has 0 saturated carbocycles. The van der Waals surface area contributed by atoms with Crippen molar-refractivity contribution in [3.05, 3.63) is 34.3 Å². The van der Waals surface area contributed by atoms with Gasteiger partial charge in [0.1, 0.15) is 0 Å². The van der Waals surface area contributed by atoms with E-state index in [1.54, 1.807) is 12.1 Å². The van der Waals surface area contributed by atoms with Crippen LogP contribution >= 0.6 is 15.9 Å². The first-order chi connectivity index (χ1) is 7.75. The maximum absolute atomic E-state index is 11.6. The molecule has 1 amide bonds. The van der Waals surface area contributed by atoms with Gasteiger partial charge in [-0.25, -0.2) is 5.48 Å². The van der Waals surface area contributed by atoms with E-state index in [9.17, 15) is 4.79 Å². The zero-order valence-electron chi connectivity index (χ0n) is 8.70. The highest BCUT2D eigenvalue weighted by atomic mass is 79.9. The van der Waals surface area contributed by atoms with Crippen LogP contribution in [0.25, 0.3) is 0 Å². The highest BCUT2D eigenvalue weighted by molar-refractivity contribution is 9.10. The van der Waals surface area contributed by atoms with Crippen molar-refractivity contribution in [1.82, 2.24) is 10.8 Å². The van der Waals surface area contributed by atoms with E-state index in [2.05, 4.69) is 26.7 Å². The van der Waals surface area contributed by atoms with Gasteiger partial charge in [0.05, 0.1) is 6.10 Å². The van der Waals surface area contributed by atoms with Gasteiger partial charge in [0.15, 0.2) is 0 Å². The van der Waals surface area contributed by atoms with Crippen molar-refractivity contribution < 1.29 is 9.63 Å². The maximum Gasteiger partial charge on any atom is 0.274 e. The molecule has 2 N–H and O–H groups in total. The Bertz CT molecular complexity index is 361. The molecule has 16 heavy (non-hydrogen) atoms. The lowest BCUT2D eigenvalue weighted by molar-refractivity contribution is -0.00680. The Hall–Kier alpha value is -0.910. The Labute approximate surface area is 102 Å². The highest BCUT2D eigenvalue weighted by Gasteiger charge is 2.16. The molecule has 1 unspecified atom stereocenters. The third-order valence-corrected chi connectivity index (χ3v) is 2.97. The van der Waals surface area contributed by atoms with Crippen LogP contribution in [0.1, 0.15) is 16.8 Å². The number of carbonyl (C=O) groups is 1. The summed E-state index contributed by atoms with van der Waals surface area (Å²) in [6.45, 7) is 1.74. The number of hydrogen-bond acceptors (Lipinski definition) is 3. The van der Waals surface area contributed by atoms with Crippen LogP contribution in [0.3, 0.4) is 0 Å². The first-order valence-electron chi connectivity index (χ1n) is 5.18. The molecule has 0 aromatic heterocycles. The van der Waals surface area contributed by atoms with E-state index >= 15 is 0 Å². The van der Waals surface area contributed by atoms with Crippen molar-refractivity contribution in [3.63, 3.8) is 0 Å². The van der Waals surface area contributed by atoms with Crippen molar-refractivity contribution >= 4 is 21.8 Å². The fraction of sp³-hybridized carbons (Fsp3) is 0.364. The van der Waals surface area contributed by atoms with Gasteiger partial charge >= 0.3 is 0 Å². The normalized spacial score (nSPS) is 19.7. The average molecular weight is 285 g/mol. The Balaban J connectivity index is 1.85. The van der Waals surface area contributed by atoms with Crippen molar-refractivity contribution in [2.45, 2.75) is 12.5 Å². The van der Waals surface area contributed by atoms with Crippen LogP contribution in [0, 0.1) is 0 Å². The molecule has 1 saturated heterocycles. The number of amides is 1. The van der Waals surface area contributed by atoms with E-state index in [4.69, 9.17) is 4.84 Å². The molecule has 5 heteroatoms. The van der Waals surface area contributed by atoms with Gasteiger partial charge in [-0.15, -0.1) is 0 Å². The molecule has 1 atom stereocenters. The lowest BCUT2D eigenvalue weighted by Gasteiger charge is -2.10. The third kappa shape index (κ3) is 3.04. The van der Waals surface area contributed by atoms with Gasteiger partial charge in [-0.05, 0) is 37.2 Å². The molecule has 0 spiro atoms. The second-order valence-electron chi connectivity index (χ2n) is 3.67. The summed E-state index contributed by atoms with van der Waals surface area (Å²) in [4.78, 5) is 16.9. The molecular formula is C11H13BrN2O2. The molecule has 86 valence electrons. The smallest absolute Gasteiger partial charge is 0.274 e. The third-order valence-electron chi connectivity index (χ3n) is 2.44. The minimum absolute atomic E-state index is 0.0828. The van der Waals surface area contributed by atoms with Crippen LogP contribution in [0.2, 0.25) is 0 Å². The number of benzene rings is 1. The number of carbonyl (C=O) groups excluding carboxylic acids is 1. The zero-order valence-corrected chi connectivity index (χ0v) is 10.3. The van der Waals surface area contributed by atoms with Crippen LogP contribution in [0.5, 0.6) is 0 Å². The SMILES string of the molecule is O=C(NOC1CCNC1)c1ccc(Br)cc1. The van der Waals surface area contributed by atoms with Gasteiger partial charge in [0.25, 0.3) is 5.91 Å². The van der Waals surface area contributed by atoms with Crippen molar-refractivity contribution in [2.75, 3.05) is 13.1 Å². The number of halogens is 1. The molecule has 1 aromatic carbocycles. The maximum atomic E-state index is 11.6. The Morgan fingerprint density at radius 1 is 1.44 bits per heavy atom. The van der Waals surface area contributed by atoms with Gasteiger partial charge in [0.2, 0.25) is 0 Å². The molecule has 1 aromatic rings. The molecule has 0 radical (unpaired) electrons. The van der Waals surface area contributed by atoms with E-state index < -0.39 is 0 Å². The standard InChI is InChI=1S/C11H13BrN2O2/c12-9-3-1-8(2-4-9)11(15)14-16-10-5-6-13-7-10/h1-4,10,13H,5-7H2,(H,14,15). The number of hydroxylamine groups is 1. The van der Waals surface area contributed by atoms with E-state index in [0.717, 1.165) is 24.0 Å². The van der Waals surface area contributed by atoms with Crippen LogP contribution in [-0.4, -0.2) is 25.1 Å². The van der Waals surface area contributed by atoms with Crippen molar-refractivity contribution in [1.29, 1.82) is 0 Å². The molecular weight excluding hydrogens is 272 g/mol. The molecule has 1 aliphatic heterocycles. The predicted octanol–water partition coefficient (Wildman–Crippen LogP) is 1.47. The van der Waals surface area contributed by atoms with Crippen LogP contribution in [-0.2, 0) is 4.84 Å². The molecule has 2 rings (SSSR count). The summed E-state index contributed by atoms with van der Waals surface area (Å²) >= 11 is 3.32. The number of nitrogens with one attached hydrogen (secondary N) is 2. The lowest BCUT2D eigenvalue weighted by Crippen LogP contribution is -2.30. The first-order valence-corrected chi connectivity index (χ1v) is 5.97. The van der Waals surface area contributed by atoms with Crippen LogP contribution in [0.15, 0.2) is 28.7 Å².